The van der Waals surface area contributed by atoms with E-state index in [-0.39, 0.29) is 13.3 Å². The van der Waals surface area contributed by atoms with Gasteiger partial charge in [-0.3, -0.25) is 14.5 Å². The average molecular weight is 395 g/mol. The highest BCUT2D eigenvalue weighted by Gasteiger charge is 2.52. The molecule has 8 nitrogen and oxygen atoms in total. The molecule has 2 N–H and O–H groups in total. The summed E-state index contributed by atoms with van der Waals surface area (Å²) in [5.41, 5.74) is 0.0552. The largest absolute Gasteiger partial charge is 0.454 e. The van der Waals surface area contributed by atoms with E-state index >= 15 is 0 Å². The Balaban J connectivity index is 1.50. The SMILES string of the molecule is CCC[C@@]1(c2ccccc2)NC(=O)N(CC(=O)Nc2ccc3c(c2)OCO3)C1=O. The Kier molecular flexibility index (Phi) is 4.84. The first-order valence-corrected chi connectivity index (χ1v) is 9.42. The fourth-order valence-electron chi connectivity index (χ4n) is 3.70. The van der Waals surface area contributed by atoms with Crippen LogP contribution in [0.5, 0.6) is 11.5 Å². The summed E-state index contributed by atoms with van der Waals surface area (Å²) < 4.78 is 10.5. The number of carbonyl (C=O) groups excluding carboxylic acids is 3. The van der Waals surface area contributed by atoms with Crippen LogP contribution in [0.25, 0.3) is 0 Å². The predicted octanol–water partition coefficient (Wildman–Crippen LogP) is 2.60. The average Bonchev–Trinajstić information content (AvgIpc) is 3.27. The van der Waals surface area contributed by atoms with Gasteiger partial charge in [-0.25, -0.2) is 4.79 Å². The normalized spacial score (nSPS) is 20.0. The number of ether oxygens (including phenoxy) is 2. The van der Waals surface area contributed by atoms with Crippen molar-refractivity contribution in [3.8, 4) is 11.5 Å². The van der Waals surface area contributed by atoms with E-state index in [0.29, 0.717) is 35.6 Å². The molecule has 0 aromatic heterocycles. The smallest absolute Gasteiger partial charge is 0.325 e. The topological polar surface area (TPSA) is 97.0 Å². The molecule has 1 saturated heterocycles. The molecule has 2 aliphatic heterocycles. The molecule has 1 fully saturated rings. The number of amides is 4. The third-order valence-corrected chi connectivity index (χ3v) is 5.03. The first-order valence-electron chi connectivity index (χ1n) is 9.42. The van der Waals surface area contributed by atoms with E-state index in [4.69, 9.17) is 9.47 Å². The van der Waals surface area contributed by atoms with E-state index in [1.807, 2.05) is 37.3 Å². The number of hydrogen-bond acceptors (Lipinski definition) is 5. The second kappa shape index (κ2) is 7.46. The van der Waals surface area contributed by atoms with Crippen LogP contribution in [0, 0.1) is 0 Å². The maximum absolute atomic E-state index is 13.2. The van der Waals surface area contributed by atoms with Crippen LogP contribution in [-0.2, 0) is 15.1 Å². The van der Waals surface area contributed by atoms with Crippen molar-refractivity contribution in [2.75, 3.05) is 18.7 Å². The second-order valence-electron chi connectivity index (χ2n) is 6.96. The Hall–Kier alpha value is -3.55. The lowest BCUT2D eigenvalue weighted by atomic mass is 9.85. The fourth-order valence-corrected chi connectivity index (χ4v) is 3.70. The monoisotopic (exact) mass is 395 g/mol. The highest BCUT2D eigenvalue weighted by Crippen LogP contribution is 2.35. The molecule has 4 amide bonds. The van der Waals surface area contributed by atoms with E-state index in [0.717, 1.165) is 4.90 Å². The lowest BCUT2D eigenvalue weighted by molar-refractivity contribution is -0.134. The van der Waals surface area contributed by atoms with Crippen molar-refractivity contribution in [1.29, 1.82) is 0 Å². The van der Waals surface area contributed by atoms with E-state index in [1.165, 1.54) is 0 Å². The summed E-state index contributed by atoms with van der Waals surface area (Å²) >= 11 is 0. The number of imide groups is 1. The first kappa shape index (κ1) is 18.8. The summed E-state index contributed by atoms with van der Waals surface area (Å²) in [6.07, 6.45) is 1.14. The van der Waals surface area contributed by atoms with Crippen molar-refractivity contribution in [2.24, 2.45) is 0 Å². The van der Waals surface area contributed by atoms with Crippen LogP contribution in [0.4, 0.5) is 10.5 Å². The summed E-state index contributed by atoms with van der Waals surface area (Å²) in [4.78, 5) is 39.2. The van der Waals surface area contributed by atoms with E-state index < -0.39 is 23.4 Å². The van der Waals surface area contributed by atoms with E-state index in [1.54, 1.807) is 18.2 Å². The Morgan fingerprint density at radius 3 is 2.66 bits per heavy atom. The Labute approximate surface area is 167 Å². The number of anilines is 1. The maximum Gasteiger partial charge on any atom is 0.325 e. The molecular weight excluding hydrogens is 374 g/mol. The predicted molar refractivity (Wildman–Crippen MR) is 104 cm³/mol. The van der Waals surface area contributed by atoms with E-state index in [9.17, 15) is 14.4 Å². The first-order chi connectivity index (χ1) is 14.0. The Morgan fingerprint density at radius 2 is 1.90 bits per heavy atom. The van der Waals surface area contributed by atoms with Crippen LogP contribution >= 0.6 is 0 Å². The molecule has 0 aliphatic carbocycles. The molecule has 2 heterocycles. The lowest BCUT2D eigenvalue weighted by Crippen LogP contribution is -2.44. The molecule has 0 radical (unpaired) electrons. The van der Waals surface area contributed by atoms with Crippen molar-refractivity contribution in [3.05, 3.63) is 54.1 Å². The van der Waals surface area contributed by atoms with Gasteiger partial charge in [-0.2, -0.15) is 0 Å². The van der Waals surface area contributed by atoms with Gasteiger partial charge in [0.15, 0.2) is 11.5 Å². The fraction of sp³-hybridized carbons (Fsp3) is 0.286. The number of rotatable bonds is 6. The summed E-state index contributed by atoms with van der Waals surface area (Å²) in [6.45, 7) is 1.70. The summed E-state index contributed by atoms with van der Waals surface area (Å²) in [6, 6.07) is 13.5. The van der Waals surface area contributed by atoms with Gasteiger partial charge in [0.25, 0.3) is 5.91 Å². The molecule has 4 rings (SSSR count). The number of urea groups is 1. The number of carbonyl (C=O) groups is 3. The van der Waals surface area contributed by atoms with Gasteiger partial charge in [0, 0.05) is 11.8 Å². The van der Waals surface area contributed by atoms with Crippen molar-refractivity contribution in [2.45, 2.75) is 25.3 Å². The minimum atomic E-state index is -1.15. The van der Waals surface area contributed by atoms with Crippen LogP contribution in [0.1, 0.15) is 25.3 Å². The molecule has 2 aromatic rings. The molecule has 8 heteroatoms. The maximum atomic E-state index is 13.2. The van der Waals surface area contributed by atoms with Crippen LogP contribution in [-0.4, -0.2) is 36.1 Å². The lowest BCUT2D eigenvalue weighted by Gasteiger charge is -2.26. The summed E-state index contributed by atoms with van der Waals surface area (Å²) in [5, 5.41) is 5.50. The third-order valence-electron chi connectivity index (χ3n) is 5.03. The van der Waals surface area contributed by atoms with Gasteiger partial charge in [-0.05, 0) is 24.1 Å². The number of nitrogens with zero attached hydrogens (tertiary/aromatic N) is 1. The minimum absolute atomic E-state index is 0.133. The zero-order valence-corrected chi connectivity index (χ0v) is 15.9. The second-order valence-corrected chi connectivity index (χ2v) is 6.96. The molecule has 0 bridgehead atoms. The Morgan fingerprint density at radius 1 is 1.14 bits per heavy atom. The van der Waals surface area contributed by atoms with Gasteiger partial charge in [-0.1, -0.05) is 43.7 Å². The quantitative estimate of drug-likeness (QED) is 0.733. The molecule has 0 spiro atoms. The number of benzene rings is 2. The number of hydrogen-bond donors (Lipinski definition) is 2. The van der Waals surface area contributed by atoms with Crippen LogP contribution in [0.3, 0.4) is 0 Å². The molecule has 2 aromatic carbocycles. The zero-order valence-electron chi connectivity index (χ0n) is 15.9. The van der Waals surface area contributed by atoms with Crippen molar-refractivity contribution in [3.63, 3.8) is 0 Å². The molecule has 29 heavy (non-hydrogen) atoms. The number of fused-ring (bicyclic) bond motifs is 1. The van der Waals surface area contributed by atoms with Gasteiger partial charge >= 0.3 is 6.03 Å². The van der Waals surface area contributed by atoms with Crippen molar-refractivity contribution >= 4 is 23.5 Å². The highest BCUT2D eigenvalue weighted by molar-refractivity contribution is 6.10. The number of nitrogens with one attached hydrogen (secondary N) is 2. The summed E-state index contributed by atoms with van der Waals surface area (Å²) in [5.74, 6) is 0.234. The van der Waals surface area contributed by atoms with Gasteiger partial charge in [0.2, 0.25) is 12.7 Å². The van der Waals surface area contributed by atoms with Crippen molar-refractivity contribution in [1.82, 2.24) is 10.2 Å². The molecule has 2 aliphatic rings. The van der Waals surface area contributed by atoms with Crippen LogP contribution in [0.2, 0.25) is 0 Å². The molecule has 1 atom stereocenters. The van der Waals surface area contributed by atoms with Gasteiger partial charge in [0.1, 0.15) is 12.1 Å². The molecule has 0 unspecified atom stereocenters. The minimum Gasteiger partial charge on any atom is -0.454 e. The zero-order chi connectivity index (χ0) is 20.4. The van der Waals surface area contributed by atoms with Gasteiger partial charge in [0.05, 0.1) is 0 Å². The third kappa shape index (κ3) is 3.37. The standard InChI is InChI=1S/C21H21N3O5/c1-2-10-21(14-6-4-3-5-7-14)19(26)24(20(27)23-21)12-18(25)22-15-8-9-16-17(11-15)29-13-28-16/h3-9,11H,2,10,12-13H2,1H3,(H,22,25)(H,23,27)/t21-/m0/s1. The van der Waals surface area contributed by atoms with Gasteiger partial charge in [-0.15, -0.1) is 0 Å². The van der Waals surface area contributed by atoms with Crippen molar-refractivity contribution < 1.29 is 23.9 Å². The Bertz CT molecular complexity index is 962. The molecule has 150 valence electrons. The van der Waals surface area contributed by atoms with Gasteiger partial charge < -0.3 is 20.1 Å². The highest BCUT2D eigenvalue weighted by atomic mass is 16.7. The van der Waals surface area contributed by atoms with E-state index in [2.05, 4.69) is 10.6 Å². The summed E-state index contributed by atoms with van der Waals surface area (Å²) in [7, 11) is 0. The van der Waals surface area contributed by atoms with Crippen LogP contribution < -0.4 is 20.1 Å². The molecular formula is C21H21N3O5. The van der Waals surface area contributed by atoms with Crippen LogP contribution in [0.15, 0.2) is 48.5 Å². The molecule has 0 saturated carbocycles.